The van der Waals surface area contributed by atoms with E-state index in [2.05, 4.69) is 156 Å². The van der Waals surface area contributed by atoms with Gasteiger partial charge in [0.1, 0.15) is 0 Å². The van der Waals surface area contributed by atoms with Crippen molar-refractivity contribution in [2.24, 2.45) is 0 Å². The van der Waals surface area contributed by atoms with Crippen LogP contribution in [0, 0.1) is 0 Å². The maximum Gasteiger partial charge on any atom is 0.164 e. The summed E-state index contributed by atoms with van der Waals surface area (Å²) >= 11 is 1.82. The predicted octanol–water partition coefficient (Wildman–Crippen LogP) is 13.7. The van der Waals surface area contributed by atoms with Crippen LogP contribution in [-0.2, 0) is 0 Å². The molecule has 4 aromatic heterocycles. The van der Waals surface area contributed by atoms with Crippen molar-refractivity contribution in [1.82, 2.24) is 24.3 Å². The Labute approximate surface area is 337 Å². The van der Waals surface area contributed by atoms with Crippen LogP contribution in [-0.4, -0.2) is 24.3 Å². The highest BCUT2D eigenvalue weighted by atomic mass is 32.1. The molecule has 0 spiro atoms. The Hall–Kier alpha value is -7.54. The standard InChI is InChI=1S/C52H31N5S/c1-3-11-32(12-4-1)33-19-23-36(24-20-33)50-54-49(35-13-5-2-6-14-35)55-51(56-50)37-25-21-34(22-26-37)45-31-43-42-27-38-15-7-10-18-41(38)30-47(42)58-48(43)52-53-44-28-39-16-8-9-17-40(39)29-46(44)57(45)52/h1-31H. The Morgan fingerprint density at radius 3 is 1.45 bits per heavy atom. The van der Waals surface area contributed by atoms with Crippen molar-refractivity contribution in [3.63, 3.8) is 0 Å². The van der Waals surface area contributed by atoms with Crippen LogP contribution >= 0.6 is 11.3 Å². The van der Waals surface area contributed by atoms with E-state index in [1.54, 1.807) is 0 Å². The molecule has 12 rings (SSSR count). The topological polar surface area (TPSA) is 56.0 Å². The lowest BCUT2D eigenvalue weighted by molar-refractivity contribution is 1.07. The van der Waals surface area contributed by atoms with Gasteiger partial charge in [0.05, 0.1) is 21.4 Å². The van der Waals surface area contributed by atoms with E-state index in [1.165, 1.54) is 47.3 Å². The van der Waals surface area contributed by atoms with Gasteiger partial charge >= 0.3 is 0 Å². The molecule has 0 unspecified atom stereocenters. The zero-order valence-electron chi connectivity index (χ0n) is 31.0. The number of hydrogen-bond donors (Lipinski definition) is 0. The third-order valence-electron chi connectivity index (χ3n) is 11.2. The van der Waals surface area contributed by atoms with Gasteiger partial charge in [-0.2, -0.15) is 0 Å². The van der Waals surface area contributed by atoms with Crippen molar-refractivity contribution in [3.8, 4) is 56.5 Å². The van der Waals surface area contributed by atoms with Gasteiger partial charge in [-0.05, 0) is 68.6 Å². The smallest absolute Gasteiger partial charge is 0.164 e. The number of thiophene rings is 1. The van der Waals surface area contributed by atoms with Crippen LogP contribution in [0.2, 0.25) is 0 Å². The SMILES string of the molecule is c1ccc(-c2ccc(-c3nc(-c4ccccc4)nc(-c4ccc(-c5cc6c7cc8ccccc8cc7sc6c6nc7cc8ccccc8cc7n56)cc4)n3)cc2)cc1. The van der Waals surface area contributed by atoms with Crippen LogP contribution in [0.25, 0.3) is 115 Å². The average Bonchev–Trinajstić information content (AvgIpc) is 3.85. The van der Waals surface area contributed by atoms with Crippen molar-refractivity contribution in [3.05, 3.63) is 188 Å². The summed E-state index contributed by atoms with van der Waals surface area (Å²) in [5, 5.41) is 7.31. The van der Waals surface area contributed by atoms with Crippen molar-refractivity contribution in [2.75, 3.05) is 0 Å². The summed E-state index contributed by atoms with van der Waals surface area (Å²) in [6.07, 6.45) is 0. The van der Waals surface area contributed by atoms with E-state index in [0.717, 1.165) is 50.2 Å². The van der Waals surface area contributed by atoms with E-state index in [9.17, 15) is 0 Å². The van der Waals surface area contributed by atoms with Crippen LogP contribution in [0.4, 0.5) is 0 Å². The predicted molar refractivity (Wildman–Crippen MR) is 241 cm³/mol. The first-order valence-corrected chi connectivity index (χ1v) is 20.2. The lowest BCUT2D eigenvalue weighted by Gasteiger charge is -2.11. The van der Waals surface area contributed by atoms with Crippen LogP contribution in [0.5, 0.6) is 0 Å². The number of fused-ring (bicyclic) bond motifs is 9. The highest BCUT2D eigenvalue weighted by Crippen LogP contribution is 2.42. The lowest BCUT2D eigenvalue weighted by Crippen LogP contribution is -2.00. The molecule has 0 saturated heterocycles. The monoisotopic (exact) mass is 757 g/mol. The summed E-state index contributed by atoms with van der Waals surface area (Å²) in [6, 6.07) is 66.3. The number of benzene rings is 8. The Morgan fingerprint density at radius 2 is 0.828 bits per heavy atom. The van der Waals surface area contributed by atoms with Gasteiger partial charge in [-0.25, -0.2) is 19.9 Å². The maximum atomic E-state index is 5.36. The third kappa shape index (κ3) is 5.38. The lowest BCUT2D eigenvalue weighted by atomic mass is 10.0. The fourth-order valence-electron chi connectivity index (χ4n) is 8.27. The molecule has 0 aliphatic rings. The summed E-state index contributed by atoms with van der Waals surface area (Å²) in [7, 11) is 0. The highest BCUT2D eigenvalue weighted by Gasteiger charge is 2.20. The summed E-state index contributed by atoms with van der Waals surface area (Å²) in [4.78, 5) is 20.4. The van der Waals surface area contributed by atoms with E-state index in [1.807, 2.05) is 47.7 Å². The minimum absolute atomic E-state index is 0.624. The van der Waals surface area contributed by atoms with Crippen molar-refractivity contribution in [2.45, 2.75) is 0 Å². The van der Waals surface area contributed by atoms with Gasteiger partial charge < -0.3 is 0 Å². The van der Waals surface area contributed by atoms with Crippen molar-refractivity contribution in [1.29, 1.82) is 0 Å². The number of aromatic nitrogens is 5. The first-order chi connectivity index (χ1) is 28.7. The van der Waals surface area contributed by atoms with Crippen LogP contribution in [0.3, 0.4) is 0 Å². The van der Waals surface area contributed by atoms with Gasteiger partial charge in [0.25, 0.3) is 0 Å². The fraction of sp³-hybridized carbons (Fsp3) is 0. The quantitative estimate of drug-likeness (QED) is 0.175. The van der Waals surface area contributed by atoms with E-state index in [4.69, 9.17) is 19.9 Å². The number of rotatable bonds is 5. The molecule has 0 atom stereocenters. The summed E-state index contributed by atoms with van der Waals surface area (Å²) in [6.45, 7) is 0. The first-order valence-electron chi connectivity index (χ1n) is 19.4. The molecule has 12 aromatic rings. The number of nitrogens with zero attached hydrogens (tertiary/aromatic N) is 5. The number of pyridine rings is 1. The molecule has 0 fully saturated rings. The third-order valence-corrected chi connectivity index (χ3v) is 12.4. The normalized spacial score (nSPS) is 11.8. The zero-order valence-corrected chi connectivity index (χ0v) is 31.9. The fourth-order valence-corrected chi connectivity index (χ4v) is 9.46. The van der Waals surface area contributed by atoms with Crippen molar-refractivity contribution >= 4 is 69.7 Å². The molecular formula is C52H31N5S. The molecule has 8 aromatic carbocycles. The largest absolute Gasteiger partial charge is 0.291 e. The summed E-state index contributed by atoms with van der Waals surface area (Å²) in [5.41, 5.74) is 10.3. The second-order valence-corrected chi connectivity index (χ2v) is 15.8. The Morgan fingerprint density at radius 1 is 0.362 bits per heavy atom. The van der Waals surface area contributed by atoms with Gasteiger partial charge in [0, 0.05) is 32.2 Å². The molecule has 0 amide bonds. The van der Waals surface area contributed by atoms with Gasteiger partial charge in [0.2, 0.25) is 0 Å². The molecule has 5 nitrogen and oxygen atoms in total. The maximum absolute atomic E-state index is 5.36. The minimum Gasteiger partial charge on any atom is -0.291 e. The average molecular weight is 758 g/mol. The molecule has 0 bridgehead atoms. The second-order valence-electron chi connectivity index (χ2n) is 14.7. The van der Waals surface area contributed by atoms with Crippen molar-refractivity contribution < 1.29 is 0 Å². The molecule has 0 saturated carbocycles. The van der Waals surface area contributed by atoms with E-state index < -0.39 is 0 Å². The van der Waals surface area contributed by atoms with E-state index in [0.29, 0.717) is 17.5 Å². The van der Waals surface area contributed by atoms with Gasteiger partial charge in [-0.3, -0.25) is 4.40 Å². The Kier molecular flexibility index (Phi) is 7.33. The Balaban J connectivity index is 1.03. The molecule has 270 valence electrons. The zero-order chi connectivity index (χ0) is 38.2. The molecule has 0 radical (unpaired) electrons. The number of imidazole rings is 1. The second kappa shape index (κ2) is 13.0. The molecule has 0 N–H and O–H groups in total. The van der Waals surface area contributed by atoms with Crippen LogP contribution in [0.1, 0.15) is 0 Å². The highest BCUT2D eigenvalue weighted by molar-refractivity contribution is 7.26. The van der Waals surface area contributed by atoms with Crippen LogP contribution in [0.15, 0.2) is 188 Å². The first kappa shape index (κ1) is 32.7. The van der Waals surface area contributed by atoms with Crippen LogP contribution < -0.4 is 0 Å². The summed E-state index contributed by atoms with van der Waals surface area (Å²) < 4.78 is 4.80. The minimum atomic E-state index is 0.624. The molecule has 4 heterocycles. The molecule has 58 heavy (non-hydrogen) atoms. The van der Waals surface area contributed by atoms with Gasteiger partial charge in [-0.1, -0.05) is 158 Å². The molecule has 0 aliphatic carbocycles. The van der Waals surface area contributed by atoms with E-state index in [-0.39, 0.29) is 0 Å². The van der Waals surface area contributed by atoms with Gasteiger partial charge in [0.15, 0.2) is 23.1 Å². The van der Waals surface area contributed by atoms with Gasteiger partial charge in [-0.15, -0.1) is 11.3 Å². The number of hydrogen-bond acceptors (Lipinski definition) is 5. The molecule has 6 heteroatoms. The summed E-state index contributed by atoms with van der Waals surface area (Å²) in [5.74, 6) is 1.89. The Bertz CT molecular complexity index is 3540. The molecular weight excluding hydrogens is 727 g/mol. The van der Waals surface area contributed by atoms with E-state index >= 15 is 0 Å². The molecule has 0 aliphatic heterocycles.